The minimum absolute atomic E-state index is 0.0659. The first kappa shape index (κ1) is 26.8. The van der Waals surface area contributed by atoms with E-state index in [9.17, 15) is 34.5 Å². The molecule has 208 valence electrons. The molecular formula is C27H34O11. The molecule has 5 aliphatic rings. The molecule has 0 unspecified atom stereocenters. The highest BCUT2D eigenvalue weighted by Crippen LogP contribution is 2.72. The van der Waals surface area contributed by atoms with Crippen LogP contribution in [-0.2, 0) is 38.1 Å². The number of aliphatic hydroxyl groups is 3. The Morgan fingerprint density at radius 1 is 1.18 bits per heavy atom. The van der Waals surface area contributed by atoms with Crippen LogP contribution in [0.2, 0.25) is 0 Å². The molecule has 2 bridgehead atoms. The molecule has 5 rings (SSSR count). The molecule has 2 aliphatic heterocycles. The number of carbonyl (C=O) groups excluding carboxylic acids is 4. The molecule has 0 aromatic heterocycles. The Kier molecular flexibility index (Phi) is 6.09. The Morgan fingerprint density at radius 3 is 2.50 bits per heavy atom. The molecule has 0 aromatic rings. The average Bonchev–Trinajstić information content (AvgIpc) is 3.13. The second-order valence-corrected chi connectivity index (χ2v) is 11.7. The van der Waals surface area contributed by atoms with E-state index < -0.39 is 82.3 Å². The SMILES string of the molecule is CCOC(=O)[C@@]12OC[C@]34[C@H]([C@@H](O)[C@@H]1O)[C@@]1(C)CC(=O)C(O)=C(C)[C@@H]1C[C@H]3OC(=O)[C@H](OC(=O)C=C(C)C)[C@@H]24. The minimum Gasteiger partial charge on any atom is -0.504 e. The van der Waals surface area contributed by atoms with Crippen molar-refractivity contribution in [2.75, 3.05) is 13.2 Å². The first-order valence-electron chi connectivity index (χ1n) is 12.9. The van der Waals surface area contributed by atoms with Crippen molar-refractivity contribution in [3.05, 3.63) is 23.0 Å². The van der Waals surface area contributed by atoms with Crippen LogP contribution >= 0.6 is 0 Å². The fourth-order valence-electron chi connectivity index (χ4n) is 8.34. The summed E-state index contributed by atoms with van der Waals surface area (Å²) >= 11 is 0. The third-order valence-electron chi connectivity index (χ3n) is 9.58. The van der Waals surface area contributed by atoms with Gasteiger partial charge in [-0.05, 0) is 51.0 Å². The number of rotatable bonds is 4. The van der Waals surface area contributed by atoms with Gasteiger partial charge in [-0.2, -0.15) is 0 Å². The van der Waals surface area contributed by atoms with Gasteiger partial charge < -0.3 is 34.3 Å². The van der Waals surface area contributed by atoms with Gasteiger partial charge in [-0.25, -0.2) is 14.4 Å². The summed E-state index contributed by atoms with van der Waals surface area (Å²) in [6, 6.07) is 0. The monoisotopic (exact) mass is 534 g/mol. The molecule has 1 spiro atoms. The van der Waals surface area contributed by atoms with Crippen LogP contribution < -0.4 is 0 Å². The summed E-state index contributed by atoms with van der Waals surface area (Å²) in [4.78, 5) is 52.6. The number of esters is 3. The molecule has 2 saturated carbocycles. The predicted octanol–water partition coefficient (Wildman–Crippen LogP) is 0.907. The summed E-state index contributed by atoms with van der Waals surface area (Å²) < 4.78 is 22.9. The van der Waals surface area contributed by atoms with Gasteiger partial charge in [-0.15, -0.1) is 0 Å². The van der Waals surface area contributed by atoms with Crippen LogP contribution in [0.5, 0.6) is 0 Å². The predicted molar refractivity (Wildman–Crippen MR) is 127 cm³/mol. The zero-order valence-electron chi connectivity index (χ0n) is 22.1. The van der Waals surface area contributed by atoms with E-state index in [1.165, 1.54) is 6.08 Å². The van der Waals surface area contributed by atoms with Crippen molar-refractivity contribution in [1.82, 2.24) is 0 Å². The van der Waals surface area contributed by atoms with Crippen LogP contribution in [0, 0.1) is 28.6 Å². The second-order valence-electron chi connectivity index (χ2n) is 11.7. The van der Waals surface area contributed by atoms with Gasteiger partial charge in [0.1, 0.15) is 12.2 Å². The molecule has 3 aliphatic carbocycles. The van der Waals surface area contributed by atoms with Gasteiger partial charge in [0.25, 0.3) is 0 Å². The fourth-order valence-corrected chi connectivity index (χ4v) is 8.34. The van der Waals surface area contributed by atoms with Gasteiger partial charge in [-0.1, -0.05) is 12.5 Å². The van der Waals surface area contributed by atoms with Gasteiger partial charge in [0, 0.05) is 23.8 Å². The number of hydrogen-bond acceptors (Lipinski definition) is 11. The molecule has 3 N–H and O–H groups in total. The third-order valence-corrected chi connectivity index (χ3v) is 9.58. The van der Waals surface area contributed by atoms with Crippen LogP contribution in [0.15, 0.2) is 23.0 Å². The number of allylic oxidation sites excluding steroid dienone is 3. The van der Waals surface area contributed by atoms with Crippen molar-refractivity contribution in [3.8, 4) is 0 Å². The number of aliphatic hydroxyl groups excluding tert-OH is 3. The molecule has 11 heteroatoms. The molecule has 10 atom stereocenters. The molecule has 0 amide bonds. The van der Waals surface area contributed by atoms with Crippen molar-refractivity contribution in [2.24, 2.45) is 28.6 Å². The summed E-state index contributed by atoms with van der Waals surface area (Å²) in [7, 11) is 0. The standard InChI is InChI=1S/C27H34O11/c1-6-35-24(34)27-21-19(38-16(29)7-11(2)3)23(33)37-15-8-13-12(4)17(30)14(28)9-25(13,5)20(18(31)22(27)32)26(15,21)10-36-27/h7,13,15,18-22,30-32H,6,8-10H2,1-5H3/t13-,15+,18+,19+,20+,21+,22-,25-,26+,27-/m0/s1. The van der Waals surface area contributed by atoms with Gasteiger partial charge in [0.15, 0.2) is 11.5 Å². The maximum atomic E-state index is 13.5. The van der Waals surface area contributed by atoms with E-state index in [-0.39, 0.29) is 31.8 Å². The summed E-state index contributed by atoms with van der Waals surface area (Å²) in [6.07, 6.45) is -4.78. The van der Waals surface area contributed by atoms with Crippen LogP contribution in [0.25, 0.3) is 0 Å². The Morgan fingerprint density at radius 2 is 1.87 bits per heavy atom. The smallest absolute Gasteiger partial charge is 0.348 e. The molecule has 2 saturated heterocycles. The van der Waals surface area contributed by atoms with E-state index in [0.717, 1.165) is 0 Å². The summed E-state index contributed by atoms with van der Waals surface area (Å²) in [6.45, 7) is 8.06. The minimum atomic E-state index is -2.21. The molecule has 2 heterocycles. The number of ether oxygens (including phenoxy) is 4. The van der Waals surface area contributed by atoms with E-state index in [2.05, 4.69) is 0 Å². The van der Waals surface area contributed by atoms with Gasteiger partial charge in [0.2, 0.25) is 11.7 Å². The number of fused-ring (bicyclic) bond motifs is 2. The number of carbonyl (C=O) groups is 4. The number of Topliss-reactive ketones (excluding diaryl/α,β-unsaturated/α-hetero) is 1. The van der Waals surface area contributed by atoms with E-state index in [0.29, 0.717) is 11.1 Å². The Labute approximate surface area is 219 Å². The van der Waals surface area contributed by atoms with Gasteiger partial charge >= 0.3 is 17.9 Å². The fraction of sp³-hybridized carbons (Fsp3) is 0.704. The van der Waals surface area contributed by atoms with Crippen LogP contribution in [0.1, 0.15) is 47.5 Å². The lowest BCUT2D eigenvalue weighted by molar-refractivity contribution is -0.290. The Hall–Kier alpha value is -2.76. The van der Waals surface area contributed by atoms with Crippen molar-refractivity contribution >= 4 is 23.7 Å². The highest BCUT2D eigenvalue weighted by atomic mass is 16.6. The normalized spacial score (nSPS) is 45.0. The number of ketones is 1. The van der Waals surface area contributed by atoms with Crippen molar-refractivity contribution in [2.45, 2.75) is 77.5 Å². The number of hydrogen-bond donors (Lipinski definition) is 3. The maximum absolute atomic E-state index is 13.5. The van der Waals surface area contributed by atoms with Crippen molar-refractivity contribution in [1.29, 1.82) is 0 Å². The molecular weight excluding hydrogens is 500 g/mol. The Balaban J connectivity index is 1.74. The Bertz CT molecular complexity index is 1170. The lowest BCUT2D eigenvalue weighted by Gasteiger charge is -2.67. The lowest BCUT2D eigenvalue weighted by atomic mass is 9.38. The average molecular weight is 535 g/mol. The first-order chi connectivity index (χ1) is 17.8. The van der Waals surface area contributed by atoms with E-state index in [4.69, 9.17) is 18.9 Å². The van der Waals surface area contributed by atoms with Crippen molar-refractivity contribution in [3.63, 3.8) is 0 Å². The van der Waals surface area contributed by atoms with Crippen LogP contribution in [0.4, 0.5) is 0 Å². The van der Waals surface area contributed by atoms with E-state index >= 15 is 0 Å². The van der Waals surface area contributed by atoms with Crippen molar-refractivity contribution < 1.29 is 53.4 Å². The molecule has 11 nitrogen and oxygen atoms in total. The van der Waals surface area contributed by atoms with Crippen LogP contribution in [-0.4, -0.2) is 82.2 Å². The zero-order valence-corrected chi connectivity index (χ0v) is 22.1. The maximum Gasteiger partial charge on any atom is 0.348 e. The highest BCUT2D eigenvalue weighted by Gasteiger charge is 2.85. The summed E-state index contributed by atoms with van der Waals surface area (Å²) in [5, 5.41) is 33.8. The quantitative estimate of drug-likeness (QED) is 0.266. The van der Waals surface area contributed by atoms with Crippen LogP contribution in [0.3, 0.4) is 0 Å². The first-order valence-corrected chi connectivity index (χ1v) is 12.9. The lowest BCUT2D eigenvalue weighted by Crippen LogP contribution is -2.79. The molecule has 0 radical (unpaired) electrons. The molecule has 4 fully saturated rings. The topological polar surface area (TPSA) is 166 Å². The molecule has 0 aromatic carbocycles. The zero-order chi connectivity index (χ0) is 27.9. The second kappa shape index (κ2) is 8.62. The van der Waals surface area contributed by atoms with E-state index in [1.807, 2.05) is 0 Å². The molecule has 38 heavy (non-hydrogen) atoms. The summed E-state index contributed by atoms with van der Waals surface area (Å²) in [5.74, 6) is -6.25. The van der Waals surface area contributed by atoms with Gasteiger partial charge in [-0.3, -0.25) is 4.79 Å². The highest BCUT2D eigenvalue weighted by molar-refractivity contribution is 5.95. The third kappa shape index (κ3) is 3.18. The van der Waals surface area contributed by atoms with E-state index in [1.54, 1.807) is 34.6 Å². The summed E-state index contributed by atoms with van der Waals surface area (Å²) in [5.41, 5.74) is -3.49. The van der Waals surface area contributed by atoms with Gasteiger partial charge in [0.05, 0.1) is 25.2 Å². The largest absolute Gasteiger partial charge is 0.504 e.